The van der Waals surface area contributed by atoms with Crippen molar-refractivity contribution in [2.24, 2.45) is 0 Å². The van der Waals surface area contributed by atoms with Gasteiger partial charge in [-0.15, -0.1) is 11.3 Å². The highest BCUT2D eigenvalue weighted by atomic mass is 32.1. The lowest BCUT2D eigenvalue weighted by molar-refractivity contribution is -0.134. The predicted molar refractivity (Wildman–Crippen MR) is 116 cm³/mol. The first kappa shape index (κ1) is 20.5. The average molecular weight is 428 g/mol. The largest absolute Gasteiger partial charge is 0.492 e. The molecule has 3 aromatic rings. The third kappa shape index (κ3) is 4.69. The molecule has 1 aromatic carbocycles. The fourth-order valence-electron chi connectivity index (χ4n) is 3.42. The maximum absolute atomic E-state index is 11.2. The maximum Gasteiger partial charge on any atom is 0.236 e. The monoisotopic (exact) mass is 427 g/mol. The lowest BCUT2D eigenvalue weighted by Crippen LogP contribution is -2.44. The van der Waals surface area contributed by atoms with Crippen LogP contribution in [0, 0.1) is 0 Å². The summed E-state index contributed by atoms with van der Waals surface area (Å²) in [6.45, 7) is 3.96. The number of morpholine rings is 1. The molecule has 0 saturated carbocycles. The summed E-state index contributed by atoms with van der Waals surface area (Å²) in [4.78, 5) is 18.8. The van der Waals surface area contributed by atoms with E-state index in [4.69, 9.17) is 9.47 Å². The van der Waals surface area contributed by atoms with Crippen LogP contribution in [0.1, 0.15) is 4.88 Å². The van der Waals surface area contributed by atoms with Crippen molar-refractivity contribution in [3.63, 3.8) is 0 Å². The number of fused-ring (bicyclic) bond motifs is 3. The highest BCUT2D eigenvalue weighted by molar-refractivity contribution is 7.10. The Morgan fingerprint density at radius 1 is 1.27 bits per heavy atom. The molecular formula is C21H25N5O3S. The zero-order valence-corrected chi connectivity index (χ0v) is 17.7. The van der Waals surface area contributed by atoms with E-state index in [0.717, 1.165) is 47.6 Å². The summed E-state index contributed by atoms with van der Waals surface area (Å²) in [5, 5.41) is 9.64. The second-order valence-corrected chi connectivity index (χ2v) is 7.88. The lowest BCUT2D eigenvalue weighted by Gasteiger charge is -2.26. The molecule has 158 valence electrons. The quantitative estimate of drug-likeness (QED) is 0.666. The molecule has 9 heteroatoms. The second kappa shape index (κ2) is 9.84. The molecule has 4 heterocycles. The number of amides is 1. The van der Waals surface area contributed by atoms with Gasteiger partial charge in [-0.25, -0.2) is 4.98 Å². The smallest absolute Gasteiger partial charge is 0.236 e. The molecular weight excluding hydrogens is 402 g/mol. The Labute approximate surface area is 179 Å². The Morgan fingerprint density at radius 2 is 2.13 bits per heavy atom. The number of nitrogens with zero attached hydrogens (tertiary/aromatic N) is 3. The molecule has 0 bridgehead atoms. The van der Waals surface area contributed by atoms with Crippen molar-refractivity contribution in [1.82, 2.24) is 25.4 Å². The molecule has 5 rings (SSSR count). The number of hydrogen-bond donors (Lipinski definition) is 2. The first-order chi connectivity index (χ1) is 14.8. The van der Waals surface area contributed by atoms with Crippen molar-refractivity contribution in [1.29, 1.82) is 0 Å². The van der Waals surface area contributed by atoms with Gasteiger partial charge in [-0.3, -0.25) is 9.89 Å². The van der Waals surface area contributed by atoms with Crippen LogP contribution in [0.25, 0.3) is 22.4 Å². The molecule has 2 aliphatic rings. The second-order valence-electron chi connectivity index (χ2n) is 6.94. The van der Waals surface area contributed by atoms with E-state index in [2.05, 4.69) is 38.7 Å². The first-order valence-corrected chi connectivity index (χ1v) is 10.8. The van der Waals surface area contributed by atoms with Gasteiger partial charge in [-0.1, -0.05) is 6.07 Å². The van der Waals surface area contributed by atoms with Crippen molar-refractivity contribution >= 4 is 17.2 Å². The summed E-state index contributed by atoms with van der Waals surface area (Å²) < 4.78 is 11.0. The fourth-order valence-corrected chi connectivity index (χ4v) is 4.18. The predicted octanol–water partition coefficient (Wildman–Crippen LogP) is 2.20. The number of aromatic nitrogens is 3. The molecule has 0 atom stereocenters. The van der Waals surface area contributed by atoms with E-state index in [1.807, 2.05) is 22.8 Å². The summed E-state index contributed by atoms with van der Waals surface area (Å²) in [6, 6.07) is 6.23. The summed E-state index contributed by atoms with van der Waals surface area (Å²) in [7, 11) is 1.78. The summed E-state index contributed by atoms with van der Waals surface area (Å²) in [5.74, 6) is 1.07. The van der Waals surface area contributed by atoms with E-state index in [1.54, 1.807) is 18.4 Å². The molecule has 0 unspecified atom stereocenters. The molecule has 2 N–H and O–H groups in total. The number of carbonyl (C=O) groups is 1. The molecule has 2 aliphatic heterocycles. The summed E-state index contributed by atoms with van der Waals surface area (Å²) in [6.07, 6.45) is 4.62. The molecule has 0 spiro atoms. The number of carbonyl (C=O) groups excluding carboxylic acids is 1. The first-order valence-electron chi connectivity index (χ1n) is 9.95. The number of hydrogen-bond acceptors (Lipinski definition) is 7. The minimum absolute atomic E-state index is 0.163. The van der Waals surface area contributed by atoms with E-state index in [1.165, 1.54) is 4.88 Å². The van der Waals surface area contributed by atoms with E-state index in [-0.39, 0.29) is 5.91 Å². The third-order valence-corrected chi connectivity index (χ3v) is 5.88. The highest BCUT2D eigenvalue weighted by Crippen LogP contribution is 2.38. The average Bonchev–Trinajstić information content (AvgIpc) is 3.45. The van der Waals surface area contributed by atoms with Crippen LogP contribution in [0.5, 0.6) is 5.75 Å². The Hall–Kier alpha value is -2.75. The zero-order chi connectivity index (χ0) is 20.8. The number of likely N-dealkylation sites (N-methyl/N-ethyl adjacent to an activating group) is 1. The number of benzene rings is 1. The van der Waals surface area contributed by atoms with Gasteiger partial charge in [0.25, 0.3) is 0 Å². The normalized spacial score (nSPS) is 15.2. The van der Waals surface area contributed by atoms with Crippen LogP contribution >= 0.6 is 11.3 Å². The third-order valence-electron chi connectivity index (χ3n) is 4.99. The van der Waals surface area contributed by atoms with E-state index < -0.39 is 0 Å². The van der Waals surface area contributed by atoms with Gasteiger partial charge in [-0.05, 0) is 24.7 Å². The lowest BCUT2D eigenvalue weighted by atomic mass is 10.0. The molecule has 0 aliphatic carbocycles. The van der Waals surface area contributed by atoms with Gasteiger partial charge in [0.2, 0.25) is 5.91 Å². The van der Waals surface area contributed by atoms with Crippen molar-refractivity contribution in [3.05, 3.63) is 41.0 Å². The minimum atomic E-state index is 0.163. The zero-order valence-electron chi connectivity index (χ0n) is 16.9. The van der Waals surface area contributed by atoms with Gasteiger partial charge in [0, 0.05) is 41.7 Å². The van der Waals surface area contributed by atoms with Crippen molar-refractivity contribution in [2.45, 2.75) is 6.42 Å². The standard InChI is InChI=1S/C14H11N3OS.C7H14N2O2/c1-2-11-12(5-9(1)10-6-16-17-7-10)18-4-3-13-14(11)15-8-19-13;1-8-6-7(10)9-2-4-11-5-3-9/h1-2,5-8H,3-4H2,(H,16,17);8H,2-6H2,1H3. The number of thiazole rings is 1. The Bertz CT molecular complexity index is 967. The van der Waals surface area contributed by atoms with Gasteiger partial charge in [-0.2, -0.15) is 5.10 Å². The Balaban J connectivity index is 0.000000170. The van der Waals surface area contributed by atoms with Crippen molar-refractivity contribution in [2.75, 3.05) is 46.5 Å². The van der Waals surface area contributed by atoms with Crippen LogP contribution in [-0.4, -0.2) is 72.5 Å². The number of nitrogens with one attached hydrogen (secondary N) is 2. The van der Waals surface area contributed by atoms with E-state index >= 15 is 0 Å². The van der Waals surface area contributed by atoms with Crippen LogP contribution < -0.4 is 10.1 Å². The van der Waals surface area contributed by atoms with Gasteiger partial charge in [0.15, 0.2) is 0 Å². The SMILES string of the molecule is CNCC(=O)N1CCOCC1.c1nc2c(s1)CCOc1cc(-c3cn[nH]c3)ccc1-2. The summed E-state index contributed by atoms with van der Waals surface area (Å²) in [5.41, 5.74) is 6.22. The van der Waals surface area contributed by atoms with Crippen molar-refractivity contribution < 1.29 is 14.3 Å². The molecule has 1 fully saturated rings. The Morgan fingerprint density at radius 3 is 2.90 bits per heavy atom. The number of H-pyrrole nitrogens is 1. The molecule has 0 radical (unpaired) electrons. The molecule has 1 amide bonds. The number of rotatable bonds is 3. The van der Waals surface area contributed by atoms with Crippen LogP contribution in [0.4, 0.5) is 0 Å². The van der Waals surface area contributed by atoms with Gasteiger partial charge in [0.05, 0.1) is 43.8 Å². The number of aromatic amines is 1. The minimum Gasteiger partial charge on any atom is -0.492 e. The van der Waals surface area contributed by atoms with Crippen LogP contribution in [0.3, 0.4) is 0 Å². The van der Waals surface area contributed by atoms with E-state index in [9.17, 15) is 4.79 Å². The van der Waals surface area contributed by atoms with Gasteiger partial charge in [0.1, 0.15) is 5.75 Å². The topological polar surface area (TPSA) is 92.4 Å². The molecule has 30 heavy (non-hydrogen) atoms. The van der Waals surface area contributed by atoms with Crippen LogP contribution in [0.15, 0.2) is 36.1 Å². The number of ether oxygens (including phenoxy) is 2. The van der Waals surface area contributed by atoms with E-state index in [0.29, 0.717) is 26.4 Å². The van der Waals surface area contributed by atoms with Gasteiger partial charge < -0.3 is 19.7 Å². The molecule has 8 nitrogen and oxygen atoms in total. The molecule has 1 saturated heterocycles. The fraction of sp³-hybridized carbons (Fsp3) is 0.381. The van der Waals surface area contributed by atoms with Crippen LogP contribution in [-0.2, 0) is 16.0 Å². The van der Waals surface area contributed by atoms with Crippen LogP contribution in [0.2, 0.25) is 0 Å². The summed E-state index contributed by atoms with van der Waals surface area (Å²) >= 11 is 1.70. The highest BCUT2D eigenvalue weighted by Gasteiger charge is 2.18. The Kier molecular flexibility index (Phi) is 6.73. The molecule has 2 aromatic heterocycles. The van der Waals surface area contributed by atoms with Crippen molar-refractivity contribution in [3.8, 4) is 28.1 Å². The van der Waals surface area contributed by atoms with Gasteiger partial charge >= 0.3 is 0 Å². The maximum atomic E-state index is 11.2.